The molecule has 2 heterocycles. The summed E-state index contributed by atoms with van der Waals surface area (Å²) in [4.78, 5) is 18.7. The molecule has 37 heavy (non-hydrogen) atoms. The van der Waals surface area contributed by atoms with Gasteiger partial charge in [0, 0.05) is 5.41 Å². The van der Waals surface area contributed by atoms with Crippen LogP contribution in [0, 0.1) is 12.3 Å². The smallest absolute Gasteiger partial charge is 0.283 e. The summed E-state index contributed by atoms with van der Waals surface area (Å²) in [6, 6.07) is 23.0. The second kappa shape index (κ2) is 10.8. The van der Waals surface area contributed by atoms with E-state index in [2.05, 4.69) is 4.99 Å². The Morgan fingerprint density at radius 2 is 1.73 bits per heavy atom. The lowest BCUT2D eigenvalue weighted by molar-refractivity contribution is -0.114. The van der Waals surface area contributed by atoms with Crippen molar-refractivity contribution in [3.8, 4) is 17.2 Å². The van der Waals surface area contributed by atoms with Crippen LogP contribution >= 0.6 is 11.8 Å². The van der Waals surface area contributed by atoms with Crippen LogP contribution < -0.4 is 14.2 Å². The molecule has 0 radical (unpaired) electrons. The van der Waals surface area contributed by atoms with Crippen molar-refractivity contribution in [3.05, 3.63) is 100 Å². The van der Waals surface area contributed by atoms with Gasteiger partial charge in [-0.2, -0.15) is 4.99 Å². The van der Waals surface area contributed by atoms with Gasteiger partial charge in [0.15, 0.2) is 16.7 Å². The van der Waals surface area contributed by atoms with Gasteiger partial charge in [0.25, 0.3) is 5.91 Å². The molecule has 0 spiro atoms. The zero-order valence-corrected chi connectivity index (χ0v) is 21.2. The third-order valence-electron chi connectivity index (χ3n) is 5.81. The second-order valence-corrected chi connectivity index (χ2v) is 9.19. The van der Waals surface area contributed by atoms with Gasteiger partial charge in [-0.05, 0) is 48.4 Å². The third kappa shape index (κ3) is 5.29. The zero-order chi connectivity index (χ0) is 25.8. The van der Waals surface area contributed by atoms with Gasteiger partial charge in [-0.25, -0.2) is 0 Å². The number of fused-ring (bicyclic) bond motifs is 1. The van der Waals surface area contributed by atoms with E-state index < -0.39 is 5.91 Å². The number of nitrogens with one attached hydrogen (secondary N) is 1. The van der Waals surface area contributed by atoms with Gasteiger partial charge in [-0.15, -0.1) is 0 Å². The van der Waals surface area contributed by atoms with Crippen molar-refractivity contribution >= 4 is 40.4 Å². The molecule has 0 bridgehead atoms. The minimum atomic E-state index is -0.445. The van der Waals surface area contributed by atoms with Crippen molar-refractivity contribution in [2.45, 2.75) is 6.92 Å². The highest BCUT2D eigenvalue weighted by atomic mass is 32.2. The van der Waals surface area contributed by atoms with Crippen molar-refractivity contribution in [3.63, 3.8) is 0 Å². The van der Waals surface area contributed by atoms with E-state index in [4.69, 9.17) is 19.6 Å². The topological polar surface area (TPSA) is 84.2 Å². The molecule has 0 fully saturated rings. The maximum Gasteiger partial charge on any atom is 0.283 e. The SMILES string of the molecule is COc1cc(C=C2C(=N)N3C(c4ccccc4)=CSC3=NC2=O)ccc1OCCOc1ccc(C)cc1. The Morgan fingerprint density at radius 3 is 2.49 bits per heavy atom. The average Bonchev–Trinajstić information content (AvgIpc) is 3.35. The Hall–Kier alpha value is -4.30. The fourth-order valence-electron chi connectivity index (χ4n) is 3.92. The number of hydrogen-bond donors (Lipinski definition) is 1. The van der Waals surface area contributed by atoms with E-state index in [9.17, 15) is 4.79 Å². The first-order valence-electron chi connectivity index (χ1n) is 11.7. The Labute approximate surface area is 219 Å². The largest absolute Gasteiger partial charge is 0.493 e. The van der Waals surface area contributed by atoms with Crippen LogP contribution in [0.15, 0.2) is 88.8 Å². The van der Waals surface area contributed by atoms with Gasteiger partial charge in [-0.3, -0.25) is 15.1 Å². The lowest BCUT2D eigenvalue weighted by Gasteiger charge is -2.27. The number of amides is 1. The molecule has 2 aliphatic rings. The molecule has 0 aliphatic carbocycles. The van der Waals surface area contributed by atoms with Crippen molar-refractivity contribution < 1.29 is 19.0 Å². The van der Waals surface area contributed by atoms with E-state index >= 15 is 0 Å². The van der Waals surface area contributed by atoms with E-state index in [-0.39, 0.29) is 11.4 Å². The van der Waals surface area contributed by atoms with Gasteiger partial charge >= 0.3 is 0 Å². The van der Waals surface area contributed by atoms with Crippen molar-refractivity contribution in [1.29, 1.82) is 5.41 Å². The maximum absolute atomic E-state index is 12.8. The quantitative estimate of drug-likeness (QED) is 0.306. The van der Waals surface area contributed by atoms with E-state index in [1.165, 1.54) is 17.3 Å². The van der Waals surface area contributed by atoms with Crippen LogP contribution in [0.5, 0.6) is 17.2 Å². The number of ether oxygens (including phenoxy) is 3. The van der Waals surface area contributed by atoms with E-state index in [1.807, 2.05) is 73.0 Å². The number of thioether (sulfide) groups is 1. The van der Waals surface area contributed by atoms with Gasteiger partial charge in [0.2, 0.25) is 0 Å². The number of hydrogen-bond acceptors (Lipinski definition) is 6. The summed E-state index contributed by atoms with van der Waals surface area (Å²) >= 11 is 1.34. The molecule has 186 valence electrons. The monoisotopic (exact) mass is 511 g/mol. The summed E-state index contributed by atoms with van der Waals surface area (Å²) in [6.07, 6.45) is 1.66. The number of amidine groups is 2. The predicted octanol–water partition coefficient (Wildman–Crippen LogP) is 5.77. The van der Waals surface area contributed by atoms with Gasteiger partial charge in [0.05, 0.1) is 18.4 Å². The number of carbonyl (C=O) groups is 1. The Bertz CT molecular complexity index is 1430. The molecule has 3 aromatic rings. The minimum absolute atomic E-state index is 0.0858. The molecule has 0 saturated heterocycles. The van der Waals surface area contributed by atoms with Crippen LogP contribution in [0.1, 0.15) is 16.7 Å². The van der Waals surface area contributed by atoms with Crippen LogP contribution in [-0.4, -0.2) is 42.1 Å². The number of carbonyl (C=O) groups excluding carboxylic acids is 1. The molecule has 8 heteroatoms. The molecule has 2 aliphatic heterocycles. The second-order valence-electron chi connectivity index (χ2n) is 8.35. The summed E-state index contributed by atoms with van der Waals surface area (Å²) < 4.78 is 17.1. The molecule has 0 atom stereocenters. The highest BCUT2D eigenvalue weighted by molar-refractivity contribution is 8.17. The lowest BCUT2D eigenvalue weighted by Crippen LogP contribution is -2.38. The van der Waals surface area contributed by atoms with Crippen molar-refractivity contribution in [1.82, 2.24) is 4.90 Å². The summed E-state index contributed by atoms with van der Waals surface area (Å²) in [6.45, 7) is 2.75. The molecule has 5 rings (SSSR count). The lowest BCUT2D eigenvalue weighted by atomic mass is 10.1. The van der Waals surface area contributed by atoms with Gasteiger partial charge in [-0.1, -0.05) is 65.9 Å². The van der Waals surface area contributed by atoms with Crippen LogP contribution in [-0.2, 0) is 4.79 Å². The Kier molecular flexibility index (Phi) is 7.09. The van der Waals surface area contributed by atoms with Crippen LogP contribution in [0.4, 0.5) is 0 Å². The molecule has 0 aromatic heterocycles. The van der Waals surface area contributed by atoms with E-state index in [1.54, 1.807) is 30.2 Å². The zero-order valence-electron chi connectivity index (χ0n) is 20.4. The summed E-state index contributed by atoms with van der Waals surface area (Å²) in [5.74, 6) is 1.51. The molecule has 1 N–H and O–H groups in total. The van der Waals surface area contributed by atoms with Gasteiger partial charge in [0.1, 0.15) is 24.8 Å². The summed E-state index contributed by atoms with van der Waals surface area (Å²) in [5, 5.41) is 11.2. The third-order valence-corrected chi connectivity index (χ3v) is 6.64. The molecule has 0 unspecified atom stereocenters. The number of methoxy groups -OCH3 is 1. The van der Waals surface area contributed by atoms with E-state index in [0.29, 0.717) is 35.4 Å². The normalized spacial score (nSPS) is 15.8. The Balaban J connectivity index is 1.30. The molecule has 7 nitrogen and oxygen atoms in total. The predicted molar refractivity (Wildman–Crippen MR) is 147 cm³/mol. The maximum atomic E-state index is 12.8. The van der Waals surface area contributed by atoms with Crippen molar-refractivity contribution in [2.24, 2.45) is 4.99 Å². The Morgan fingerprint density at radius 1 is 0.973 bits per heavy atom. The first-order valence-corrected chi connectivity index (χ1v) is 12.6. The fraction of sp³-hybridized carbons (Fsp3) is 0.138. The number of aryl methyl sites for hydroxylation is 1. The first-order chi connectivity index (χ1) is 18.0. The highest BCUT2D eigenvalue weighted by Gasteiger charge is 2.36. The molecular formula is C29H25N3O4S. The molecule has 3 aromatic carbocycles. The number of rotatable bonds is 8. The molecule has 1 amide bonds. The van der Waals surface area contributed by atoms with E-state index in [0.717, 1.165) is 17.0 Å². The van der Waals surface area contributed by atoms with Crippen LogP contribution in [0.2, 0.25) is 0 Å². The number of benzene rings is 3. The van der Waals surface area contributed by atoms with Crippen LogP contribution in [0.25, 0.3) is 11.8 Å². The standard InChI is InChI=1S/C29H25N3O4S/c1-19-8-11-22(12-9-19)35-14-15-36-25-13-10-20(17-26(25)34-2)16-23-27(30)32-24(21-6-4-3-5-7-21)18-37-29(32)31-28(23)33/h3-13,16-18,30H,14-15H2,1-2H3. The molecule has 0 saturated carbocycles. The number of aliphatic imine (C=N–C) groups is 1. The minimum Gasteiger partial charge on any atom is -0.493 e. The fourth-order valence-corrected chi connectivity index (χ4v) is 4.81. The average molecular weight is 512 g/mol. The highest BCUT2D eigenvalue weighted by Crippen LogP contribution is 2.37. The number of nitrogens with zero attached hydrogens (tertiary/aromatic N) is 2. The van der Waals surface area contributed by atoms with Crippen LogP contribution in [0.3, 0.4) is 0 Å². The molecular weight excluding hydrogens is 486 g/mol. The van der Waals surface area contributed by atoms with Gasteiger partial charge < -0.3 is 14.2 Å². The summed E-state index contributed by atoms with van der Waals surface area (Å²) in [7, 11) is 1.56. The van der Waals surface area contributed by atoms with Crippen molar-refractivity contribution in [2.75, 3.05) is 20.3 Å². The first kappa shape index (κ1) is 24.4. The summed E-state index contributed by atoms with van der Waals surface area (Å²) in [5.41, 5.74) is 3.85.